The van der Waals surface area contributed by atoms with Gasteiger partial charge < -0.3 is 5.32 Å². The molecule has 1 fully saturated rings. The Hall–Kier alpha value is -2.25. The van der Waals surface area contributed by atoms with Crippen LogP contribution in [-0.2, 0) is 20.2 Å². The van der Waals surface area contributed by atoms with E-state index in [-0.39, 0.29) is 16.6 Å². The molecule has 0 saturated heterocycles. The van der Waals surface area contributed by atoms with Crippen LogP contribution in [0.5, 0.6) is 0 Å². The number of carbonyl (C=O) groups is 1. The first-order valence-electron chi connectivity index (χ1n) is 8.77. The molecule has 5 nitrogen and oxygen atoms in total. The molecule has 1 N–H and O–H groups in total. The Kier molecular flexibility index (Phi) is 5.10. The maximum atomic E-state index is 13.7. The number of amides is 1. The molecule has 1 amide bonds. The van der Waals surface area contributed by atoms with Gasteiger partial charge in [-0.15, -0.1) is 0 Å². The molecule has 3 rings (SSSR count). The molecule has 2 aromatic carbocycles. The fourth-order valence-corrected chi connectivity index (χ4v) is 4.24. The van der Waals surface area contributed by atoms with Gasteiger partial charge in [0.15, 0.2) is 0 Å². The number of benzene rings is 2. The van der Waals surface area contributed by atoms with E-state index in [1.54, 1.807) is 25.1 Å². The second kappa shape index (κ2) is 7.05. The van der Waals surface area contributed by atoms with Crippen LogP contribution < -0.4 is 5.32 Å². The van der Waals surface area contributed by atoms with E-state index in [0.29, 0.717) is 24.1 Å². The Morgan fingerprint density at radius 2 is 1.85 bits per heavy atom. The fourth-order valence-electron chi connectivity index (χ4n) is 3.31. The van der Waals surface area contributed by atoms with E-state index in [1.807, 2.05) is 0 Å². The van der Waals surface area contributed by atoms with E-state index in [1.165, 1.54) is 38.4 Å². The number of hydrogen-bond acceptors (Lipinski definition) is 3. The highest BCUT2D eigenvalue weighted by Gasteiger charge is 2.45. The van der Waals surface area contributed by atoms with Crippen LogP contribution in [0.1, 0.15) is 30.4 Å². The number of halogens is 1. The molecular formula is C20H23FN2O3S. The zero-order chi connectivity index (χ0) is 19.8. The topological polar surface area (TPSA) is 66.5 Å². The van der Waals surface area contributed by atoms with Crippen molar-refractivity contribution in [3.8, 4) is 0 Å². The standard InChI is InChI=1S/C20H23FN2O3S/c1-14-8-9-17(27(25,26)23(2)3)13-18(14)22-19(24)20(10-5-11-20)15-6-4-7-16(21)12-15/h4,6-9,12-13H,5,10-11H2,1-3H3,(H,22,24). The molecule has 7 heteroatoms. The molecule has 0 radical (unpaired) electrons. The van der Waals surface area contributed by atoms with E-state index in [9.17, 15) is 17.6 Å². The second-order valence-electron chi connectivity index (χ2n) is 7.16. The molecule has 0 heterocycles. The van der Waals surface area contributed by atoms with Crippen LogP contribution in [0.2, 0.25) is 0 Å². The molecule has 27 heavy (non-hydrogen) atoms. The van der Waals surface area contributed by atoms with Crippen LogP contribution in [0.3, 0.4) is 0 Å². The first-order chi connectivity index (χ1) is 12.7. The summed E-state index contributed by atoms with van der Waals surface area (Å²) >= 11 is 0. The van der Waals surface area contributed by atoms with Crippen molar-refractivity contribution in [1.82, 2.24) is 4.31 Å². The number of aryl methyl sites for hydroxylation is 1. The molecule has 0 spiro atoms. The summed E-state index contributed by atoms with van der Waals surface area (Å²) in [6, 6.07) is 10.8. The number of anilines is 1. The quantitative estimate of drug-likeness (QED) is 0.850. The largest absolute Gasteiger partial charge is 0.325 e. The summed E-state index contributed by atoms with van der Waals surface area (Å²) in [6.45, 7) is 1.80. The number of carbonyl (C=O) groups excluding carboxylic acids is 1. The summed E-state index contributed by atoms with van der Waals surface area (Å²) < 4.78 is 39.5. The number of sulfonamides is 1. The minimum atomic E-state index is -3.60. The van der Waals surface area contributed by atoms with E-state index in [2.05, 4.69) is 5.32 Å². The van der Waals surface area contributed by atoms with Crippen LogP contribution >= 0.6 is 0 Å². The summed E-state index contributed by atoms with van der Waals surface area (Å²) in [4.78, 5) is 13.2. The van der Waals surface area contributed by atoms with Crippen molar-refractivity contribution in [2.24, 2.45) is 0 Å². The molecule has 2 aromatic rings. The Morgan fingerprint density at radius 1 is 1.15 bits per heavy atom. The molecule has 0 bridgehead atoms. The Bertz CT molecular complexity index is 982. The van der Waals surface area contributed by atoms with Gasteiger partial charge in [-0.05, 0) is 55.2 Å². The third kappa shape index (κ3) is 3.49. The van der Waals surface area contributed by atoms with Gasteiger partial charge in [0.1, 0.15) is 5.82 Å². The van der Waals surface area contributed by atoms with Crippen molar-refractivity contribution in [3.63, 3.8) is 0 Å². The smallest absolute Gasteiger partial charge is 0.242 e. The third-order valence-corrected chi connectivity index (χ3v) is 7.07. The second-order valence-corrected chi connectivity index (χ2v) is 9.32. The van der Waals surface area contributed by atoms with E-state index in [0.717, 1.165) is 16.3 Å². The van der Waals surface area contributed by atoms with Crippen molar-refractivity contribution in [1.29, 1.82) is 0 Å². The molecule has 0 aromatic heterocycles. The van der Waals surface area contributed by atoms with Gasteiger partial charge in [0, 0.05) is 19.8 Å². The van der Waals surface area contributed by atoms with Gasteiger partial charge >= 0.3 is 0 Å². The summed E-state index contributed by atoms with van der Waals surface area (Å²) in [6.07, 6.45) is 2.16. The SMILES string of the molecule is Cc1ccc(S(=O)(=O)N(C)C)cc1NC(=O)C1(c2cccc(F)c2)CCC1. The van der Waals surface area contributed by atoms with Gasteiger partial charge in [-0.25, -0.2) is 17.1 Å². The van der Waals surface area contributed by atoms with Crippen molar-refractivity contribution in [3.05, 3.63) is 59.4 Å². The van der Waals surface area contributed by atoms with Crippen LogP contribution in [0, 0.1) is 12.7 Å². The van der Waals surface area contributed by atoms with Gasteiger partial charge in [-0.3, -0.25) is 4.79 Å². The lowest BCUT2D eigenvalue weighted by molar-refractivity contribution is -0.124. The number of nitrogens with zero attached hydrogens (tertiary/aromatic N) is 1. The highest BCUT2D eigenvalue weighted by Crippen LogP contribution is 2.45. The highest BCUT2D eigenvalue weighted by molar-refractivity contribution is 7.89. The maximum Gasteiger partial charge on any atom is 0.242 e. The van der Waals surface area contributed by atoms with Gasteiger partial charge in [0.2, 0.25) is 15.9 Å². The number of rotatable bonds is 5. The summed E-state index contributed by atoms with van der Waals surface area (Å²) in [5.74, 6) is -0.608. The lowest BCUT2D eigenvalue weighted by atomic mass is 9.63. The Morgan fingerprint density at radius 3 is 2.41 bits per heavy atom. The van der Waals surface area contributed by atoms with Crippen LogP contribution in [0.25, 0.3) is 0 Å². The summed E-state index contributed by atoms with van der Waals surface area (Å²) in [5, 5.41) is 2.88. The first kappa shape index (κ1) is 19.5. The van der Waals surface area contributed by atoms with Crippen molar-refractivity contribution in [2.75, 3.05) is 19.4 Å². The van der Waals surface area contributed by atoms with Crippen molar-refractivity contribution in [2.45, 2.75) is 36.5 Å². The first-order valence-corrected chi connectivity index (χ1v) is 10.2. The van der Waals surface area contributed by atoms with Crippen LogP contribution in [0.15, 0.2) is 47.4 Å². The van der Waals surface area contributed by atoms with Gasteiger partial charge in [-0.2, -0.15) is 0 Å². The Labute approximate surface area is 159 Å². The predicted molar refractivity (Wildman–Crippen MR) is 103 cm³/mol. The number of nitrogens with one attached hydrogen (secondary N) is 1. The molecule has 0 unspecified atom stereocenters. The van der Waals surface area contributed by atoms with E-state index < -0.39 is 15.4 Å². The van der Waals surface area contributed by atoms with Gasteiger partial charge in [0.05, 0.1) is 10.3 Å². The average Bonchev–Trinajstić information content (AvgIpc) is 2.55. The predicted octanol–water partition coefficient (Wildman–Crippen LogP) is 3.44. The van der Waals surface area contributed by atoms with Crippen molar-refractivity contribution >= 4 is 21.6 Å². The fraction of sp³-hybridized carbons (Fsp3) is 0.350. The molecular weight excluding hydrogens is 367 g/mol. The number of hydrogen-bond donors (Lipinski definition) is 1. The molecule has 0 aliphatic heterocycles. The normalized spacial score (nSPS) is 16.0. The Balaban J connectivity index is 1.94. The molecule has 0 atom stereocenters. The van der Waals surface area contributed by atoms with E-state index in [4.69, 9.17) is 0 Å². The molecule has 144 valence electrons. The maximum absolute atomic E-state index is 13.7. The highest BCUT2D eigenvalue weighted by atomic mass is 32.2. The molecule has 1 aliphatic carbocycles. The summed E-state index contributed by atoms with van der Waals surface area (Å²) in [5.41, 5.74) is 1.09. The summed E-state index contributed by atoms with van der Waals surface area (Å²) in [7, 11) is -0.686. The lowest BCUT2D eigenvalue weighted by Gasteiger charge is -2.40. The average molecular weight is 390 g/mol. The van der Waals surface area contributed by atoms with Gasteiger partial charge in [-0.1, -0.05) is 24.6 Å². The molecule has 1 aliphatic rings. The van der Waals surface area contributed by atoms with E-state index >= 15 is 0 Å². The van der Waals surface area contributed by atoms with Crippen LogP contribution in [0.4, 0.5) is 10.1 Å². The third-order valence-electron chi connectivity index (χ3n) is 5.25. The van der Waals surface area contributed by atoms with Gasteiger partial charge in [0.25, 0.3) is 0 Å². The monoisotopic (exact) mass is 390 g/mol. The minimum Gasteiger partial charge on any atom is -0.325 e. The zero-order valence-corrected chi connectivity index (χ0v) is 16.4. The minimum absolute atomic E-state index is 0.113. The lowest BCUT2D eigenvalue weighted by Crippen LogP contribution is -2.46. The van der Waals surface area contributed by atoms with Crippen LogP contribution in [-0.4, -0.2) is 32.7 Å². The zero-order valence-electron chi connectivity index (χ0n) is 15.6. The van der Waals surface area contributed by atoms with Crippen molar-refractivity contribution < 1.29 is 17.6 Å². The molecule has 1 saturated carbocycles.